The zero-order valence-electron chi connectivity index (χ0n) is 15.8. The van der Waals surface area contributed by atoms with E-state index in [0.29, 0.717) is 10.6 Å². The van der Waals surface area contributed by atoms with E-state index in [0.717, 1.165) is 60.4 Å². The van der Waals surface area contributed by atoms with E-state index in [4.69, 9.17) is 5.73 Å². The van der Waals surface area contributed by atoms with Crippen LogP contribution >= 0.6 is 11.3 Å². The number of aryl methyl sites for hydroxylation is 1. The SMILES string of the molecule is CCC(NS(=O)(=O)c1ccc(F)cc1)C(=O)Nc1sc2c(c1C(N)=O)CCCC2. The summed E-state index contributed by atoms with van der Waals surface area (Å²) in [5, 5.41) is 3.03. The monoisotopic (exact) mass is 439 g/mol. The van der Waals surface area contributed by atoms with Crippen molar-refractivity contribution in [1.29, 1.82) is 0 Å². The van der Waals surface area contributed by atoms with Crippen LogP contribution in [0.2, 0.25) is 0 Å². The van der Waals surface area contributed by atoms with Gasteiger partial charge in [0, 0.05) is 4.88 Å². The number of sulfonamides is 1. The summed E-state index contributed by atoms with van der Waals surface area (Å²) < 4.78 is 40.4. The predicted octanol–water partition coefficient (Wildman–Crippen LogP) is 2.56. The number of halogens is 1. The molecule has 1 unspecified atom stereocenters. The number of carbonyl (C=O) groups excluding carboxylic acids is 2. The summed E-state index contributed by atoms with van der Waals surface area (Å²) in [6.07, 6.45) is 3.70. The summed E-state index contributed by atoms with van der Waals surface area (Å²) in [6.45, 7) is 1.66. The molecule has 2 amide bonds. The van der Waals surface area contributed by atoms with Gasteiger partial charge in [0.05, 0.1) is 10.5 Å². The molecule has 0 spiro atoms. The number of fused-ring (bicyclic) bond motifs is 1. The Morgan fingerprint density at radius 1 is 1.21 bits per heavy atom. The van der Waals surface area contributed by atoms with E-state index in [1.165, 1.54) is 11.3 Å². The number of anilines is 1. The van der Waals surface area contributed by atoms with Crippen molar-refractivity contribution in [3.8, 4) is 0 Å². The molecule has 1 aromatic carbocycles. The first kappa shape index (κ1) is 21.4. The van der Waals surface area contributed by atoms with Crippen molar-refractivity contribution in [3.05, 3.63) is 46.1 Å². The fraction of sp³-hybridized carbons (Fsp3) is 0.368. The molecule has 1 aliphatic carbocycles. The number of primary amides is 1. The molecular formula is C19H22FN3O4S2. The van der Waals surface area contributed by atoms with Gasteiger partial charge in [0.1, 0.15) is 16.9 Å². The molecule has 0 bridgehead atoms. The maximum absolute atomic E-state index is 13.1. The van der Waals surface area contributed by atoms with Crippen LogP contribution in [0, 0.1) is 5.82 Å². The molecule has 2 aromatic rings. The maximum atomic E-state index is 13.1. The highest BCUT2D eigenvalue weighted by atomic mass is 32.2. The van der Waals surface area contributed by atoms with Gasteiger partial charge in [0.2, 0.25) is 15.9 Å². The standard InChI is InChI=1S/C19H22FN3O4S2/c1-2-14(23-29(26,27)12-9-7-11(20)8-10-12)18(25)22-19-16(17(21)24)13-5-3-4-6-15(13)28-19/h7-10,14,23H,2-6H2,1H3,(H2,21,24)(H,22,25). The number of nitrogens with two attached hydrogens (primary N) is 1. The largest absolute Gasteiger partial charge is 0.365 e. The number of hydrogen-bond acceptors (Lipinski definition) is 5. The minimum absolute atomic E-state index is 0.144. The Morgan fingerprint density at radius 3 is 2.48 bits per heavy atom. The van der Waals surface area contributed by atoms with Crippen LogP contribution in [0.25, 0.3) is 0 Å². The van der Waals surface area contributed by atoms with Crippen LogP contribution in [-0.4, -0.2) is 26.3 Å². The number of thiophene rings is 1. The third-order valence-corrected chi connectivity index (χ3v) is 7.50. The molecule has 10 heteroatoms. The van der Waals surface area contributed by atoms with Gasteiger partial charge in [0.25, 0.3) is 5.91 Å². The number of hydrogen-bond donors (Lipinski definition) is 3. The first-order valence-corrected chi connectivity index (χ1v) is 11.6. The zero-order chi connectivity index (χ0) is 21.2. The molecule has 0 aliphatic heterocycles. The molecule has 3 rings (SSSR count). The van der Waals surface area contributed by atoms with Gasteiger partial charge in [-0.25, -0.2) is 12.8 Å². The fourth-order valence-electron chi connectivity index (χ4n) is 3.30. The normalized spacial score (nSPS) is 14.8. The van der Waals surface area contributed by atoms with Crippen LogP contribution < -0.4 is 15.8 Å². The third-order valence-electron chi connectivity index (χ3n) is 4.80. The van der Waals surface area contributed by atoms with Gasteiger partial charge in [-0.05, 0) is 61.9 Å². The molecule has 0 fully saturated rings. The lowest BCUT2D eigenvalue weighted by molar-refractivity contribution is -0.117. The lowest BCUT2D eigenvalue weighted by Crippen LogP contribution is -2.43. The number of nitrogens with one attached hydrogen (secondary N) is 2. The van der Waals surface area contributed by atoms with E-state index in [1.54, 1.807) is 6.92 Å². The average molecular weight is 440 g/mol. The molecule has 1 aliphatic rings. The second-order valence-corrected chi connectivity index (χ2v) is 9.62. The molecule has 1 heterocycles. The van der Waals surface area contributed by atoms with Gasteiger partial charge in [-0.15, -0.1) is 11.3 Å². The molecule has 156 valence electrons. The summed E-state index contributed by atoms with van der Waals surface area (Å²) in [6, 6.07) is 3.25. The maximum Gasteiger partial charge on any atom is 0.251 e. The van der Waals surface area contributed by atoms with E-state index >= 15 is 0 Å². The van der Waals surface area contributed by atoms with Gasteiger partial charge < -0.3 is 11.1 Å². The van der Waals surface area contributed by atoms with Crippen LogP contribution in [0.5, 0.6) is 0 Å². The van der Waals surface area contributed by atoms with Crippen LogP contribution in [0.4, 0.5) is 9.39 Å². The summed E-state index contributed by atoms with van der Waals surface area (Å²) >= 11 is 1.31. The topological polar surface area (TPSA) is 118 Å². The molecule has 0 radical (unpaired) electrons. The Hall–Kier alpha value is -2.30. The summed E-state index contributed by atoms with van der Waals surface area (Å²) in [7, 11) is -4.02. The van der Waals surface area contributed by atoms with Crippen molar-refractivity contribution in [3.63, 3.8) is 0 Å². The Labute approximate surface area is 172 Å². The minimum Gasteiger partial charge on any atom is -0.365 e. The van der Waals surface area contributed by atoms with Gasteiger partial charge >= 0.3 is 0 Å². The van der Waals surface area contributed by atoms with E-state index in [-0.39, 0.29) is 11.3 Å². The van der Waals surface area contributed by atoms with Gasteiger partial charge in [-0.2, -0.15) is 4.72 Å². The predicted molar refractivity (Wildman–Crippen MR) is 109 cm³/mol. The van der Waals surface area contributed by atoms with E-state index in [1.807, 2.05) is 0 Å². The first-order chi connectivity index (χ1) is 13.7. The van der Waals surface area contributed by atoms with E-state index < -0.39 is 33.7 Å². The Morgan fingerprint density at radius 2 is 1.86 bits per heavy atom. The number of rotatable bonds is 7. The van der Waals surface area contributed by atoms with Crippen molar-refractivity contribution >= 4 is 38.2 Å². The van der Waals surface area contributed by atoms with Crippen LogP contribution in [-0.2, 0) is 27.7 Å². The van der Waals surface area contributed by atoms with E-state index in [2.05, 4.69) is 10.0 Å². The summed E-state index contributed by atoms with van der Waals surface area (Å²) in [5.74, 6) is -1.76. The van der Waals surface area contributed by atoms with Crippen molar-refractivity contribution in [2.24, 2.45) is 5.73 Å². The molecule has 1 aromatic heterocycles. The number of amides is 2. The van der Waals surface area contributed by atoms with Crippen molar-refractivity contribution < 1.29 is 22.4 Å². The first-order valence-electron chi connectivity index (χ1n) is 9.26. The Kier molecular flexibility index (Phi) is 6.35. The molecule has 7 nitrogen and oxygen atoms in total. The van der Waals surface area contributed by atoms with Crippen molar-refractivity contribution in [2.75, 3.05) is 5.32 Å². The minimum atomic E-state index is -4.02. The molecule has 29 heavy (non-hydrogen) atoms. The fourth-order valence-corrected chi connectivity index (χ4v) is 5.88. The Bertz CT molecular complexity index is 1030. The van der Waals surface area contributed by atoms with Crippen molar-refractivity contribution in [2.45, 2.75) is 50.0 Å². The second kappa shape index (κ2) is 8.60. The van der Waals surface area contributed by atoms with Crippen LogP contribution in [0.15, 0.2) is 29.2 Å². The van der Waals surface area contributed by atoms with Crippen LogP contribution in [0.3, 0.4) is 0 Å². The molecule has 1 atom stereocenters. The average Bonchev–Trinajstić information content (AvgIpc) is 3.04. The molecule has 0 saturated heterocycles. The van der Waals surface area contributed by atoms with Crippen LogP contribution in [0.1, 0.15) is 47.0 Å². The van der Waals surface area contributed by atoms with Gasteiger partial charge in [-0.1, -0.05) is 6.92 Å². The highest BCUT2D eigenvalue weighted by molar-refractivity contribution is 7.89. The van der Waals surface area contributed by atoms with E-state index in [9.17, 15) is 22.4 Å². The highest BCUT2D eigenvalue weighted by Crippen LogP contribution is 2.38. The smallest absolute Gasteiger partial charge is 0.251 e. The molecular weight excluding hydrogens is 417 g/mol. The lowest BCUT2D eigenvalue weighted by Gasteiger charge is -2.17. The molecule has 4 N–H and O–H groups in total. The second-order valence-electron chi connectivity index (χ2n) is 6.80. The third kappa shape index (κ3) is 4.65. The highest BCUT2D eigenvalue weighted by Gasteiger charge is 2.28. The number of carbonyl (C=O) groups is 2. The van der Waals surface area contributed by atoms with Gasteiger partial charge in [-0.3, -0.25) is 9.59 Å². The Balaban J connectivity index is 1.81. The molecule has 0 saturated carbocycles. The number of benzene rings is 1. The van der Waals surface area contributed by atoms with Crippen molar-refractivity contribution in [1.82, 2.24) is 4.72 Å². The quantitative estimate of drug-likeness (QED) is 0.614. The summed E-state index contributed by atoms with van der Waals surface area (Å²) in [5.41, 5.74) is 6.72. The lowest BCUT2D eigenvalue weighted by atomic mass is 9.95. The zero-order valence-corrected chi connectivity index (χ0v) is 17.5. The van der Waals surface area contributed by atoms with Gasteiger partial charge in [0.15, 0.2) is 0 Å². The summed E-state index contributed by atoms with van der Waals surface area (Å²) in [4.78, 5) is 25.6.